The Kier molecular flexibility index (Phi) is 4.58. The number of rotatable bonds is 7. The number of H-pyrrole nitrogens is 2. The van der Waals surface area contributed by atoms with Crippen molar-refractivity contribution >= 4 is 10.0 Å². The predicted molar refractivity (Wildman–Crippen MR) is 75.5 cm³/mol. The van der Waals surface area contributed by atoms with Gasteiger partial charge in [0.25, 0.3) is 0 Å². The smallest absolute Gasteiger partial charge is 0.242 e. The minimum atomic E-state index is -3.56. The first-order chi connectivity index (χ1) is 9.53. The number of hydrogen-bond donors (Lipinski definition) is 4. The normalized spacial score (nSPS) is 13.5. The van der Waals surface area contributed by atoms with Crippen molar-refractivity contribution in [3.8, 4) is 0 Å². The fraction of sp³-hybridized carbons (Fsp3) is 0.417. The maximum absolute atomic E-state index is 12.2. The molecule has 0 saturated heterocycles. The zero-order valence-electron chi connectivity index (χ0n) is 11.5. The molecule has 0 bridgehead atoms. The zero-order chi connectivity index (χ0) is 14.6. The summed E-state index contributed by atoms with van der Waals surface area (Å²) < 4.78 is 27.0. The number of nitrogens with one attached hydrogen (secondary N) is 4. The van der Waals surface area contributed by atoms with Gasteiger partial charge in [-0.2, -0.15) is 0 Å². The van der Waals surface area contributed by atoms with Gasteiger partial charge in [-0.1, -0.05) is 6.92 Å². The molecule has 1 atom stereocenters. The number of imidazole rings is 1. The lowest BCUT2D eigenvalue weighted by Gasteiger charge is -2.10. The molecular formula is C12H19N5O2S. The van der Waals surface area contributed by atoms with Gasteiger partial charge in [0.15, 0.2) is 0 Å². The van der Waals surface area contributed by atoms with E-state index in [2.05, 4.69) is 25.0 Å². The second-order valence-electron chi connectivity index (χ2n) is 4.46. The van der Waals surface area contributed by atoms with Gasteiger partial charge in [-0.3, -0.25) is 0 Å². The first-order valence-electron chi connectivity index (χ1n) is 6.42. The van der Waals surface area contributed by atoms with E-state index in [9.17, 15) is 8.42 Å². The lowest BCUT2D eigenvalue weighted by Crippen LogP contribution is -2.27. The average Bonchev–Trinajstić information content (AvgIpc) is 3.07. The van der Waals surface area contributed by atoms with Crippen molar-refractivity contribution in [2.45, 2.75) is 31.3 Å². The monoisotopic (exact) mass is 297 g/mol. The van der Waals surface area contributed by atoms with Crippen molar-refractivity contribution in [1.29, 1.82) is 0 Å². The van der Waals surface area contributed by atoms with Crippen LogP contribution in [0.4, 0.5) is 0 Å². The van der Waals surface area contributed by atoms with E-state index in [4.69, 9.17) is 0 Å². The predicted octanol–water partition coefficient (Wildman–Crippen LogP) is 0.887. The molecule has 0 spiro atoms. The molecule has 1 unspecified atom stereocenters. The van der Waals surface area contributed by atoms with Gasteiger partial charge in [0, 0.05) is 30.8 Å². The molecule has 0 saturated carbocycles. The van der Waals surface area contributed by atoms with E-state index in [0.717, 1.165) is 12.2 Å². The lowest BCUT2D eigenvalue weighted by atomic mass is 10.3. The SMILES string of the molecule is CCNCc1cc(S(=O)(=O)NC(C)c2ncc[nH]2)c[nH]1. The molecule has 110 valence electrons. The molecule has 0 fully saturated rings. The highest BCUT2D eigenvalue weighted by atomic mass is 32.2. The minimum absolute atomic E-state index is 0.226. The van der Waals surface area contributed by atoms with Crippen LogP contribution >= 0.6 is 0 Å². The van der Waals surface area contributed by atoms with E-state index in [1.54, 1.807) is 25.4 Å². The molecule has 2 rings (SSSR count). The number of nitrogens with zero attached hydrogens (tertiary/aromatic N) is 1. The summed E-state index contributed by atoms with van der Waals surface area (Å²) in [6, 6.07) is 1.21. The standard InChI is InChI=1S/C12H19N5O2S/c1-3-13-7-10-6-11(8-16-10)20(18,19)17-9(2)12-14-4-5-15-12/h4-6,8-9,13,16-17H,3,7H2,1-2H3,(H,14,15). The first kappa shape index (κ1) is 14.8. The van der Waals surface area contributed by atoms with Crippen LogP contribution in [0.1, 0.15) is 31.4 Å². The first-order valence-corrected chi connectivity index (χ1v) is 7.91. The molecule has 20 heavy (non-hydrogen) atoms. The van der Waals surface area contributed by atoms with Crippen LogP contribution in [-0.4, -0.2) is 29.9 Å². The third-order valence-electron chi connectivity index (χ3n) is 2.85. The van der Waals surface area contributed by atoms with Crippen LogP contribution in [0.15, 0.2) is 29.6 Å². The summed E-state index contributed by atoms with van der Waals surface area (Å²) in [5.41, 5.74) is 0.831. The van der Waals surface area contributed by atoms with Crippen LogP contribution in [0.3, 0.4) is 0 Å². The summed E-state index contributed by atoms with van der Waals surface area (Å²) in [6.45, 7) is 5.17. The molecule has 2 aromatic rings. The Bertz CT molecular complexity index is 633. The van der Waals surface area contributed by atoms with Crippen LogP contribution in [-0.2, 0) is 16.6 Å². The molecule has 0 aromatic carbocycles. The lowest BCUT2D eigenvalue weighted by molar-refractivity contribution is 0.561. The van der Waals surface area contributed by atoms with E-state index < -0.39 is 16.1 Å². The number of aromatic amines is 2. The van der Waals surface area contributed by atoms with Crippen molar-refractivity contribution in [3.05, 3.63) is 36.2 Å². The van der Waals surface area contributed by atoms with E-state index in [1.165, 1.54) is 6.20 Å². The summed E-state index contributed by atoms with van der Waals surface area (Å²) >= 11 is 0. The van der Waals surface area contributed by atoms with Crippen LogP contribution in [0, 0.1) is 0 Å². The largest absolute Gasteiger partial charge is 0.363 e. The number of hydrogen-bond acceptors (Lipinski definition) is 4. The van der Waals surface area contributed by atoms with Crippen LogP contribution < -0.4 is 10.0 Å². The number of sulfonamides is 1. The molecule has 0 radical (unpaired) electrons. The molecule has 7 nitrogen and oxygen atoms in total. The van der Waals surface area contributed by atoms with Crippen molar-refractivity contribution in [3.63, 3.8) is 0 Å². The Labute approximate surface area is 118 Å². The molecule has 0 aliphatic heterocycles. The van der Waals surface area contributed by atoms with Gasteiger partial charge in [-0.25, -0.2) is 18.1 Å². The summed E-state index contributed by atoms with van der Waals surface area (Å²) in [5, 5.41) is 3.13. The fourth-order valence-electron chi connectivity index (χ4n) is 1.81. The van der Waals surface area contributed by atoms with Crippen LogP contribution in [0.25, 0.3) is 0 Å². The molecule has 2 heterocycles. The summed E-state index contributed by atoms with van der Waals surface area (Å²) in [4.78, 5) is 10.1. The van der Waals surface area contributed by atoms with Gasteiger partial charge >= 0.3 is 0 Å². The van der Waals surface area contributed by atoms with Gasteiger partial charge in [0.2, 0.25) is 10.0 Å². The van der Waals surface area contributed by atoms with E-state index in [1.807, 2.05) is 6.92 Å². The van der Waals surface area contributed by atoms with Crippen LogP contribution in [0.5, 0.6) is 0 Å². The van der Waals surface area contributed by atoms with Crippen molar-refractivity contribution in [1.82, 2.24) is 25.0 Å². The maximum Gasteiger partial charge on any atom is 0.242 e. The summed E-state index contributed by atoms with van der Waals surface area (Å²) in [5.74, 6) is 0.581. The third kappa shape index (κ3) is 3.47. The van der Waals surface area contributed by atoms with Gasteiger partial charge in [0.1, 0.15) is 5.82 Å². The second kappa shape index (κ2) is 6.21. The van der Waals surface area contributed by atoms with E-state index in [-0.39, 0.29) is 4.90 Å². The Morgan fingerprint density at radius 2 is 2.20 bits per heavy atom. The molecule has 0 aliphatic carbocycles. The van der Waals surface area contributed by atoms with Crippen molar-refractivity contribution < 1.29 is 8.42 Å². The molecular weight excluding hydrogens is 278 g/mol. The molecule has 0 amide bonds. The summed E-state index contributed by atoms with van der Waals surface area (Å²) in [6.07, 6.45) is 4.74. The Balaban J connectivity index is 2.08. The molecule has 2 aromatic heterocycles. The molecule has 8 heteroatoms. The van der Waals surface area contributed by atoms with Gasteiger partial charge in [-0.05, 0) is 19.5 Å². The highest BCUT2D eigenvalue weighted by Crippen LogP contribution is 2.15. The minimum Gasteiger partial charge on any atom is -0.363 e. The zero-order valence-corrected chi connectivity index (χ0v) is 12.3. The van der Waals surface area contributed by atoms with Gasteiger partial charge < -0.3 is 15.3 Å². The van der Waals surface area contributed by atoms with Gasteiger partial charge in [0.05, 0.1) is 10.9 Å². The average molecular weight is 297 g/mol. The molecule has 4 N–H and O–H groups in total. The highest BCUT2D eigenvalue weighted by Gasteiger charge is 2.20. The second-order valence-corrected chi connectivity index (χ2v) is 6.17. The fourth-order valence-corrected chi connectivity index (χ4v) is 3.03. The van der Waals surface area contributed by atoms with E-state index in [0.29, 0.717) is 12.4 Å². The quantitative estimate of drug-likeness (QED) is 0.609. The van der Waals surface area contributed by atoms with Crippen LogP contribution in [0.2, 0.25) is 0 Å². The van der Waals surface area contributed by atoms with Crippen molar-refractivity contribution in [2.75, 3.05) is 6.54 Å². The molecule has 0 aliphatic rings. The highest BCUT2D eigenvalue weighted by molar-refractivity contribution is 7.89. The topological polar surface area (TPSA) is 103 Å². The Morgan fingerprint density at radius 1 is 1.40 bits per heavy atom. The third-order valence-corrected chi connectivity index (χ3v) is 4.37. The Hall–Kier alpha value is -1.64. The Morgan fingerprint density at radius 3 is 2.85 bits per heavy atom. The summed E-state index contributed by atoms with van der Waals surface area (Å²) in [7, 11) is -3.56. The van der Waals surface area contributed by atoms with E-state index >= 15 is 0 Å². The van der Waals surface area contributed by atoms with Crippen molar-refractivity contribution in [2.24, 2.45) is 0 Å². The maximum atomic E-state index is 12.2. The number of aromatic nitrogens is 3. The van der Waals surface area contributed by atoms with Gasteiger partial charge in [-0.15, -0.1) is 0 Å².